The first kappa shape index (κ1) is 8.91. The molecule has 0 aromatic rings. The van der Waals surface area contributed by atoms with Gasteiger partial charge in [-0.05, 0) is 25.2 Å². The van der Waals surface area contributed by atoms with E-state index in [-0.39, 0.29) is 12.3 Å². The van der Waals surface area contributed by atoms with Crippen LogP contribution in [0.2, 0.25) is 0 Å². The number of fused-ring (bicyclic) bond motifs is 3. The lowest BCUT2D eigenvalue weighted by Gasteiger charge is -2.44. The van der Waals surface area contributed by atoms with Crippen LogP contribution in [-0.4, -0.2) is 23.4 Å². The van der Waals surface area contributed by atoms with E-state index in [4.69, 9.17) is 5.11 Å². The molecule has 2 nitrogen and oxygen atoms in total. The van der Waals surface area contributed by atoms with Gasteiger partial charge in [0.1, 0.15) is 12.3 Å². The summed E-state index contributed by atoms with van der Waals surface area (Å²) in [5.74, 6) is -3.00. The summed E-state index contributed by atoms with van der Waals surface area (Å²) < 4.78 is 26.6. The number of alkyl halides is 2. The molecule has 74 valence electrons. The minimum atomic E-state index is -1.47. The summed E-state index contributed by atoms with van der Waals surface area (Å²) in [6.45, 7) is 0. The van der Waals surface area contributed by atoms with Gasteiger partial charge in [0.15, 0.2) is 0 Å². The van der Waals surface area contributed by atoms with Crippen molar-refractivity contribution in [2.75, 3.05) is 0 Å². The maximum atomic E-state index is 13.4. The highest BCUT2D eigenvalue weighted by molar-refractivity contribution is 5.71. The summed E-state index contributed by atoms with van der Waals surface area (Å²) in [6, 6.07) is 0. The maximum Gasteiger partial charge on any atom is 0.309 e. The topological polar surface area (TPSA) is 37.3 Å². The normalized spacial score (nSPS) is 49.2. The number of hydrogen-bond acceptors (Lipinski definition) is 1. The lowest BCUT2D eigenvalue weighted by molar-refractivity contribution is -0.156. The lowest BCUT2D eigenvalue weighted by atomic mass is 9.62. The van der Waals surface area contributed by atoms with Crippen LogP contribution in [0.3, 0.4) is 0 Å². The standard InChI is InChI=1S/C9H12F2O2/c10-6-3-4-1-2-5(6)8(11)7(4)9(12)13/h4-8H,1-3H2,(H,12,13). The van der Waals surface area contributed by atoms with Gasteiger partial charge in [-0.1, -0.05) is 0 Å². The Morgan fingerprint density at radius 1 is 1.31 bits per heavy atom. The molecule has 5 atom stereocenters. The van der Waals surface area contributed by atoms with Crippen LogP contribution in [0.4, 0.5) is 8.78 Å². The van der Waals surface area contributed by atoms with E-state index in [9.17, 15) is 13.6 Å². The van der Waals surface area contributed by atoms with Crippen LogP contribution >= 0.6 is 0 Å². The summed E-state index contributed by atoms with van der Waals surface area (Å²) in [4.78, 5) is 10.7. The van der Waals surface area contributed by atoms with Gasteiger partial charge in [-0.2, -0.15) is 0 Å². The Balaban J connectivity index is 2.21. The predicted octanol–water partition coefficient (Wildman–Crippen LogP) is 1.79. The number of halogens is 2. The smallest absolute Gasteiger partial charge is 0.309 e. The van der Waals surface area contributed by atoms with Gasteiger partial charge in [0.25, 0.3) is 0 Å². The van der Waals surface area contributed by atoms with Gasteiger partial charge in [0, 0.05) is 5.92 Å². The zero-order valence-corrected chi connectivity index (χ0v) is 7.12. The maximum absolute atomic E-state index is 13.4. The van der Waals surface area contributed by atoms with Crippen molar-refractivity contribution in [3.8, 4) is 0 Å². The van der Waals surface area contributed by atoms with E-state index < -0.39 is 30.1 Å². The first-order valence-corrected chi connectivity index (χ1v) is 4.62. The number of hydrogen-bond donors (Lipinski definition) is 1. The molecular weight excluding hydrogens is 178 g/mol. The third-order valence-corrected chi connectivity index (χ3v) is 3.41. The van der Waals surface area contributed by atoms with Crippen LogP contribution in [0.25, 0.3) is 0 Å². The van der Waals surface area contributed by atoms with Crippen molar-refractivity contribution in [3.63, 3.8) is 0 Å². The van der Waals surface area contributed by atoms with Crippen molar-refractivity contribution in [1.82, 2.24) is 0 Å². The average molecular weight is 190 g/mol. The van der Waals surface area contributed by atoms with Gasteiger partial charge in [-0.25, -0.2) is 8.78 Å². The highest BCUT2D eigenvalue weighted by Crippen LogP contribution is 2.47. The molecule has 3 aliphatic carbocycles. The van der Waals surface area contributed by atoms with E-state index in [0.717, 1.165) is 0 Å². The number of carboxylic acid groups (broad SMARTS) is 1. The molecule has 3 aliphatic rings. The van der Waals surface area contributed by atoms with Crippen molar-refractivity contribution < 1.29 is 18.7 Å². The monoisotopic (exact) mass is 190 g/mol. The number of rotatable bonds is 1. The molecule has 0 amide bonds. The first-order chi connectivity index (χ1) is 6.11. The van der Waals surface area contributed by atoms with E-state index in [1.807, 2.05) is 0 Å². The molecule has 4 heteroatoms. The predicted molar refractivity (Wildman–Crippen MR) is 41.7 cm³/mol. The van der Waals surface area contributed by atoms with E-state index in [2.05, 4.69) is 0 Å². The Hall–Kier alpha value is -0.670. The van der Waals surface area contributed by atoms with Gasteiger partial charge < -0.3 is 5.11 Å². The third kappa shape index (κ3) is 1.23. The average Bonchev–Trinajstić information content (AvgIpc) is 2.03. The fourth-order valence-electron chi connectivity index (χ4n) is 2.72. The van der Waals surface area contributed by atoms with E-state index in [1.165, 1.54) is 0 Å². The van der Waals surface area contributed by atoms with Crippen LogP contribution in [-0.2, 0) is 4.79 Å². The van der Waals surface area contributed by atoms with Crippen molar-refractivity contribution in [1.29, 1.82) is 0 Å². The first-order valence-electron chi connectivity index (χ1n) is 4.62. The molecule has 3 rings (SSSR count). The SMILES string of the molecule is O=C(O)C1C2CCC(C(F)C2)C1F. The Morgan fingerprint density at radius 3 is 2.46 bits per heavy atom. The van der Waals surface area contributed by atoms with Gasteiger partial charge in [0.2, 0.25) is 0 Å². The largest absolute Gasteiger partial charge is 0.481 e. The quantitative estimate of drug-likeness (QED) is 0.684. The van der Waals surface area contributed by atoms with Crippen LogP contribution in [0.1, 0.15) is 19.3 Å². The molecular formula is C9H12F2O2. The highest BCUT2D eigenvalue weighted by Gasteiger charge is 2.52. The van der Waals surface area contributed by atoms with Crippen molar-refractivity contribution in [2.45, 2.75) is 31.6 Å². The summed E-state index contributed by atoms with van der Waals surface area (Å²) in [6.07, 6.45) is -1.18. The second kappa shape index (κ2) is 2.93. The summed E-state index contributed by atoms with van der Waals surface area (Å²) in [5.41, 5.74) is 0. The Kier molecular flexibility index (Phi) is 2.00. The molecule has 0 aromatic heterocycles. The molecule has 0 radical (unpaired) electrons. The minimum Gasteiger partial charge on any atom is -0.481 e. The lowest BCUT2D eigenvalue weighted by Crippen LogP contribution is -2.50. The summed E-state index contributed by atoms with van der Waals surface area (Å²) >= 11 is 0. The fraction of sp³-hybridized carbons (Fsp3) is 0.889. The molecule has 3 fully saturated rings. The van der Waals surface area contributed by atoms with Crippen molar-refractivity contribution in [2.24, 2.45) is 17.8 Å². The van der Waals surface area contributed by atoms with Crippen LogP contribution in [0.15, 0.2) is 0 Å². The molecule has 2 bridgehead atoms. The van der Waals surface area contributed by atoms with E-state index in [1.54, 1.807) is 0 Å². The van der Waals surface area contributed by atoms with Crippen LogP contribution in [0.5, 0.6) is 0 Å². The molecule has 1 N–H and O–H groups in total. The number of aliphatic carboxylic acids is 1. The van der Waals surface area contributed by atoms with Gasteiger partial charge in [0.05, 0.1) is 5.92 Å². The number of carboxylic acids is 1. The molecule has 0 aromatic carbocycles. The molecule has 0 spiro atoms. The highest BCUT2D eigenvalue weighted by atomic mass is 19.1. The van der Waals surface area contributed by atoms with E-state index >= 15 is 0 Å². The van der Waals surface area contributed by atoms with Gasteiger partial charge in [-0.15, -0.1) is 0 Å². The Bertz CT molecular complexity index is 230. The zero-order chi connectivity index (χ0) is 9.59. The second-order valence-electron chi connectivity index (χ2n) is 4.06. The van der Waals surface area contributed by atoms with Crippen LogP contribution < -0.4 is 0 Å². The Labute approximate surface area is 74.9 Å². The number of carbonyl (C=O) groups is 1. The molecule has 3 saturated carbocycles. The summed E-state index contributed by atoms with van der Waals surface area (Å²) in [7, 11) is 0. The molecule has 5 unspecified atom stereocenters. The molecule has 0 saturated heterocycles. The van der Waals surface area contributed by atoms with E-state index in [0.29, 0.717) is 12.8 Å². The third-order valence-electron chi connectivity index (χ3n) is 3.41. The molecule has 0 aliphatic heterocycles. The minimum absolute atomic E-state index is 0.238. The van der Waals surface area contributed by atoms with Crippen molar-refractivity contribution >= 4 is 5.97 Å². The van der Waals surface area contributed by atoms with Gasteiger partial charge in [-0.3, -0.25) is 4.79 Å². The zero-order valence-electron chi connectivity index (χ0n) is 7.12. The van der Waals surface area contributed by atoms with Gasteiger partial charge >= 0.3 is 5.97 Å². The van der Waals surface area contributed by atoms with Crippen molar-refractivity contribution in [3.05, 3.63) is 0 Å². The molecule has 0 heterocycles. The molecule has 13 heavy (non-hydrogen) atoms. The fourth-order valence-corrected chi connectivity index (χ4v) is 2.72. The second-order valence-corrected chi connectivity index (χ2v) is 4.06. The summed E-state index contributed by atoms with van der Waals surface area (Å²) in [5, 5.41) is 8.75. The van der Waals surface area contributed by atoms with Crippen LogP contribution in [0, 0.1) is 17.8 Å². The Morgan fingerprint density at radius 2 is 2.00 bits per heavy atom.